The van der Waals surface area contributed by atoms with Crippen molar-refractivity contribution < 1.29 is 9.53 Å². The van der Waals surface area contributed by atoms with Gasteiger partial charge in [-0.25, -0.2) is 0 Å². The first-order valence-corrected chi connectivity index (χ1v) is 5.08. The van der Waals surface area contributed by atoms with Crippen molar-refractivity contribution in [1.29, 1.82) is 0 Å². The molecule has 1 amide bonds. The van der Waals surface area contributed by atoms with Crippen LogP contribution < -0.4 is 5.32 Å². The smallest absolute Gasteiger partial charge is 0.222 e. The first kappa shape index (κ1) is 10.5. The Hall–Kier alpha value is -0.570. The number of nitrogens with one attached hydrogen (secondary N) is 1. The standard InChI is InChI=1S/C10H19NO2/c1-13-8-11-10(12)7-9-5-3-2-4-6-9/h9H,2-8H2,1H3,(H,11,12). The van der Waals surface area contributed by atoms with Crippen LogP contribution in [-0.2, 0) is 9.53 Å². The third kappa shape index (κ3) is 4.27. The Morgan fingerprint density at radius 3 is 2.69 bits per heavy atom. The van der Waals surface area contributed by atoms with Gasteiger partial charge in [0.2, 0.25) is 5.91 Å². The van der Waals surface area contributed by atoms with E-state index in [1.807, 2.05) is 0 Å². The van der Waals surface area contributed by atoms with Crippen LogP contribution in [0.3, 0.4) is 0 Å². The van der Waals surface area contributed by atoms with Gasteiger partial charge in [0.25, 0.3) is 0 Å². The Balaban J connectivity index is 2.11. The van der Waals surface area contributed by atoms with Crippen molar-refractivity contribution >= 4 is 5.91 Å². The van der Waals surface area contributed by atoms with Crippen LogP contribution in [0.15, 0.2) is 0 Å². The second-order valence-electron chi connectivity index (χ2n) is 3.74. The van der Waals surface area contributed by atoms with E-state index in [4.69, 9.17) is 4.74 Å². The summed E-state index contributed by atoms with van der Waals surface area (Å²) in [7, 11) is 1.58. The van der Waals surface area contributed by atoms with Crippen molar-refractivity contribution in [1.82, 2.24) is 5.32 Å². The normalized spacial score (nSPS) is 18.5. The second-order valence-corrected chi connectivity index (χ2v) is 3.74. The molecule has 0 aromatic carbocycles. The van der Waals surface area contributed by atoms with Crippen LogP contribution in [0.2, 0.25) is 0 Å². The Kier molecular flexibility index (Phi) is 4.83. The molecule has 0 spiro atoms. The predicted octanol–water partition coefficient (Wildman–Crippen LogP) is 1.68. The van der Waals surface area contributed by atoms with Gasteiger partial charge in [-0.2, -0.15) is 0 Å². The first-order chi connectivity index (χ1) is 6.33. The van der Waals surface area contributed by atoms with Crippen LogP contribution >= 0.6 is 0 Å². The number of hydrogen-bond donors (Lipinski definition) is 1. The molecular weight excluding hydrogens is 166 g/mol. The number of methoxy groups -OCH3 is 1. The van der Waals surface area contributed by atoms with E-state index in [1.54, 1.807) is 7.11 Å². The Morgan fingerprint density at radius 1 is 1.38 bits per heavy atom. The second kappa shape index (κ2) is 5.97. The number of amides is 1. The van der Waals surface area contributed by atoms with E-state index in [0.717, 1.165) is 0 Å². The molecular formula is C10H19NO2. The van der Waals surface area contributed by atoms with Crippen LogP contribution in [0.5, 0.6) is 0 Å². The van der Waals surface area contributed by atoms with Gasteiger partial charge in [0.05, 0.1) is 0 Å². The lowest BCUT2D eigenvalue weighted by Crippen LogP contribution is -2.27. The van der Waals surface area contributed by atoms with Crippen LogP contribution in [0.25, 0.3) is 0 Å². The molecule has 1 fully saturated rings. The summed E-state index contributed by atoms with van der Waals surface area (Å²) in [6.07, 6.45) is 7.06. The van der Waals surface area contributed by atoms with E-state index in [1.165, 1.54) is 32.1 Å². The summed E-state index contributed by atoms with van der Waals surface area (Å²) < 4.78 is 4.77. The molecule has 3 nitrogen and oxygen atoms in total. The minimum absolute atomic E-state index is 0.133. The molecule has 1 N–H and O–H groups in total. The Morgan fingerprint density at radius 2 is 2.08 bits per heavy atom. The van der Waals surface area contributed by atoms with Crippen molar-refractivity contribution in [3.05, 3.63) is 0 Å². The average molecular weight is 185 g/mol. The third-order valence-corrected chi connectivity index (χ3v) is 2.61. The van der Waals surface area contributed by atoms with Gasteiger partial charge in [-0.05, 0) is 18.8 Å². The van der Waals surface area contributed by atoms with Gasteiger partial charge >= 0.3 is 0 Å². The van der Waals surface area contributed by atoms with E-state index in [2.05, 4.69) is 5.32 Å². The highest BCUT2D eigenvalue weighted by Gasteiger charge is 2.16. The molecule has 0 saturated heterocycles. The maximum absolute atomic E-state index is 11.3. The highest BCUT2D eigenvalue weighted by molar-refractivity contribution is 5.75. The topological polar surface area (TPSA) is 38.3 Å². The van der Waals surface area contributed by atoms with Crippen LogP contribution in [0.4, 0.5) is 0 Å². The van der Waals surface area contributed by atoms with Gasteiger partial charge < -0.3 is 10.1 Å². The minimum Gasteiger partial charge on any atom is -0.364 e. The molecule has 0 aliphatic heterocycles. The van der Waals surface area contributed by atoms with Crippen molar-refractivity contribution in [2.24, 2.45) is 5.92 Å². The summed E-state index contributed by atoms with van der Waals surface area (Å²) in [5, 5.41) is 2.72. The van der Waals surface area contributed by atoms with E-state index in [-0.39, 0.29) is 5.91 Å². The van der Waals surface area contributed by atoms with Gasteiger partial charge in [0.1, 0.15) is 6.73 Å². The Bertz CT molecular complexity index is 153. The average Bonchev–Trinajstić information content (AvgIpc) is 2.16. The van der Waals surface area contributed by atoms with Crippen molar-refractivity contribution in [3.63, 3.8) is 0 Å². The predicted molar refractivity (Wildman–Crippen MR) is 51.2 cm³/mol. The first-order valence-electron chi connectivity index (χ1n) is 5.08. The fraction of sp³-hybridized carbons (Fsp3) is 0.900. The fourth-order valence-corrected chi connectivity index (χ4v) is 1.88. The molecule has 0 aromatic rings. The third-order valence-electron chi connectivity index (χ3n) is 2.61. The van der Waals surface area contributed by atoms with Gasteiger partial charge in [0, 0.05) is 13.5 Å². The van der Waals surface area contributed by atoms with Gasteiger partial charge in [-0.3, -0.25) is 4.79 Å². The number of rotatable bonds is 4. The summed E-state index contributed by atoms with van der Waals surface area (Å²) >= 11 is 0. The lowest BCUT2D eigenvalue weighted by Gasteiger charge is -2.20. The molecule has 1 aliphatic carbocycles. The summed E-state index contributed by atoms with van der Waals surface area (Å²) in [5.41, 5.74) is 0. The fourth-order valence-electron chi connectivity index (χ4n) is 1.88. The molecule has 1 saturated carbocycles. The molecule has 0 atom stereocenters. The molecule has 0 radical (unpaired) electrons. The molecule has 76 valence electrons. The van der Waals surface area contributed by atoms with E-state index in [0.29, 0.717) is 19.1 Å². The maximum atomic E-state index is 11.3. The van der Waals surface area contributed by atoms with Gasteiger partial charge in [-0.1, -0.05) is 19.3 Å². The molecule has 0 unspecified atom stereocenters. The zero-order valence-electron chi connectivity index (χ0n) is 8.34. The quantitative estimate of drug-likeness (QED) is 0.677. The number of carbonyl (C=O) groups excluding carboxylic acids is 1. The Labute approximate surface area is 79.8 Å². The van der Waals surface area contributed by atoms with E-state index < -0.39 is 0 Å². The highest BCUT2D eigenvalue weighted by Crippen LogP contribution is 2.25. The summed E-state index contributed by atoms with van der Waals surface area (Å²) in [5.74, 6) is 0.749. The highest BCUT2D eigenvalue weighted by atomic mass is 16.5. The maximum Gasteiger partial charge on any atom is 0.222 e. The number of ether oxygens (including phenoxy) is 1. The van der Waals surface area contributed by atoms with Gasteiger partial charge in [0.15, 0.2) is 0 Å². The zero-order valence-corrected chi connectivity index (χ0v) is 8.34. The van der Waals surface area contributed by atoms with Crippen LogP contribution in [-0.4, -0.2) is 19.7 Å². The number of hydrogen-bond acceptors (Lipinski definition) is 2. The minimum atomic E-state index is 0.133. The largest absolute Gasteiger partial charge is 0.364 e. The van der Waals surface area contributed by atoms with Crippen molar-refractivity contribution in [2.75, 3.05) is 13.8 Å². The van der Waals surface area contributed by atoms with Crippen LogP contribution in [0.1, 0.15) is 38.5 Å². The van der Waals surface area contributed by atoms with E-state index in [9.17, 15) is 4.79 Å². The summed E-state index contributed by atoms with van der Waals surface area (Å²) in [6.45, 7) is 0.339. The lowest BCUT2D eigenvalue weighted by atomic mass is 9.87. The lowest BCUT2D eigenvalue weighted by molar-refractivity contribution is -0.123. The summed E-state index contributed by atoms with van der Waals surface area (Å²) in [6, 6.07) is 0. The van der Waals surface area contributed by atoms with Crippen LogP contribution in [0, 0.1) is 5.92 Å². The monoisotopic (exact) mass is 185 g/mol. The SMILES string of the molecule is COCNC(=O)CC1CCCCC1. The molecule has 3 heteroatoms. The molecule has 0 aromatic heterocycles. The molecule has 0 bridgehead atoms. The molecule has 0 heterocycles. The molecule has 1 rings (SSSR count). The summed E-state index contributed by atoms with van der Waals surface area (Å²) in [4.78, 5) is 11.3. The molecule has 1 aliphatic rings. The van der Waals surface area contributed by atoms with Crippen molar-refractivity contribution in [2.45, 2.75) is 38.5 Å². The number of carbonyl (C=O) groups is 1. The van der Waals surface area contributed by atoms with E-state index >= 15 is 0 Å². The molecule has 13 heavy (non-hydrogen) atoms. The van der Waals surface area contributed by atoms with Gasteiger partial charge in [-0.15, -0.1) is 0 Å². The van der Waals surface area contributed by atoms with Crippen molar-refractivity contribution in [3.8, 4) is 0 Å². The zero-order chi connectivity index (χ0) is 9.52.